The Kier molecular flexibility index (Phi) is 8.96. The van der Waals surface area contributed by atoms with E-state index in [1.807, 2.05) is 0 Å². The maximum atomic E-state index is 12.6. The van der Waals surface area contributed by atoms with Crippen molar-refractivity contribution in [1.29, 1.82) is 0 Å². The Morgan fingerprint density at radius 2 is 1.44 bits per heavy atom. The summed E-state index contributed by atoms with van der Waals surface area (Å²) in [6, 6.07) is 0. The number of thiophene rings is 1. The van der Waals surface area contributed by atoms with Crippen molar-refractivity contribution in [2.45, 2.75) is 34.6 Å². The van der Waals surface area contributed by atoms with Crippen LogP contribution in [0, 0.1) is 20.8 Å². The summed E-state index contributed by atoms with van der Waals surface area (Å²) >= 11 is 0.906. The molecule has 34 heavy (non-hydrogen) atoms. The first-order valence-corrected chi connectivity index (χ1v) is 11.2. The van der Waals surface area contributed by atoms with Gasteiger partial charge in [0.05, 0.1) is 29.2 Å². The fraction of sp³-hybridized carbons (Fsp3) is 0.409. The van der Waals surface area contributed by atoms with Gasteiger partial charge in [0, 0.05) is 12.7 Å². The standard InChI is InChI=1S/C22H27N3O8S/c1-7-31-21(29)15-11(4)17(18(27)23-6)34-19(15)25-13(26)9-33-20(28)14-10(3)16(24-12(14)5)22(30)32-8-2/h24H,7-9H2,1-6H3,(H,23,27)(H,25,26). The van der Waals surface area contributed by atoms with Crippen LogP contribution in [0.25, 0.3) is 0 Å². The topological polar surface area (TPSA) is 153 Å². The van der Waals surface area contributed by atoms with E-state index in [1.54, 1.807) is 34.6 Å². The highest BCUT2D eigenvalue weighted by molar-refractivity contribution is 7.18. The summed E-state index contributed by atoms with van der Waals surface area (Å²) in [5.41, 5.74) is 1.40. The fourth-order valence-corrected chi connectivity index (χ4v) is 4.37. The number of amides is 2. The van der Waals surface area contributed by atoms with E-state index in [0.29, 0.717) is 16.8 Å². The van der Waals surface area contributed by atoms with Crippen LogP contribution in [0.5, 0.6) is 0 Å². The molecule has 2 aromatic heterocycles. The molecule has 0 aliphatic carbocycles. The minimum absolute atomic E-state index is 0.0570. The zero-order valence-corrected chi connectivity index (χ0v) is 20.6. The molecular formula is C22H27N3O8S. The second kappa shape index (κ2) is 11.5. The minimum Gasteiger partial charge on any atom is -0.462 e. The van der Waals surface area contributed by atoms with Crippen LogP contribution in [-0.2, 0) is 19.0 Å². The van der Waals surface area contributed by atoms with Gasteiger partial charge < -0.3 is 29.8 Å². The Balaban J connectivity index is 2.18. The molecule has 0 atom stereocenters. The van der Waals surface area contributed by atoms with Crippen molar-refractivity contribution in [3.05, 3.63) is 38.5 Å². The number of carbonyl (C=O) groups excluding carboxylic acids is 5. The summed E-state index contributed by atoms with van der Waals surface area (Å²) in [6.45, 7) is 7.64. The molecule has 0 aromatic carbocycles. The van der Waals surface area contributed by atoms with Crippen LogP contribution in [0.15, 0.2) is 0 Å². The van der Waals surface area contributed by atoms with Crippen molar-refractivity contribution in [2.75, 3.05) is 32.2 Å². The Morgan fingerprint density at radius 1 is 0.853 bits per heavy atom. The molecule has 2 aromatic rings. The number of hydrogen-bond acceptors (Lipinski definition) is 9. The normalized spacial score (nSPS) is 10.4. The van der Waals surface area contributed by atoms with Gasteiger partial charge in [0.1, 0.15) is 10.7 Å². The molecule has 0 bridgehead atoms. The average molecular weight is 494 g/mol. The van der Waals surface area contributed by atoms with Crippen LogP contribution in [-0.4, -0.2) is 61.6 Å². The molecule has 2 amide bonds. The lowest BCUT2D eigenvalue weighted by Crippen LogP contribution is -2.22. The smallest absolute Gasteiger partial charge is 0.355 e. The highest BCUT2D eigenvalue weighted by atomic mass is 32.1. The molecule has 3 N–H and O–H groups in total. The highest BCUT2D eigenvalue weighted by Gasteiger charge is 2.27. The monoisotopic (exact) mass is 493 g/mol. The number of aryl methyl sites for hydroxylation is 1. The number of aromatic nitrogens is 1. The number of rotatable bonds is 9. The van der Waals surface area contributed by atoms with E-state index in [9.17, 15) is 24.0 Å². The van der Waals surface area contributed by atoms with E-state index in [4.69, 9.17) is 14.2 Å². The SMILES string of the molecule is CCOC(=O)c1[nH]c(C)c(C(=O)OCC(=O)Nc2sc(C(=O)NC)c(C)c2C(=O)OCC)c1C. The van der Waals surface area contributed by atoms with E-state index in [2.05, 4.69) is 15.6 Å². The summed E-state index contributed by atoms with van der Waals surface area (Å²) in [5, 5.41) is 5.09. The summed E-state index contributed by atoms with van der Waals surface area (Å²) in [5.74, 6) is -3.25. The molecule has 0 radical (unpaired) electrons. The number of carbonyl (C=O) groups is 5. The first-order valence-electron chi connectivity index (χ1n) is 10.4. The first-order chi connectivity index (χ1) is 16.1. The van der Waals surface area contributed by atoms with Gasteiger partial charge in [0.25, 0.3) is 11.8 Å². The van der Waals surface area contributed by atoms with Crippen molar-refractivity contribution in [3.8, 4) is 0 Å². The van der Waals surface area contributed by atoms with Crippen molar-refractivity contribution in [1.82, 2.24) is 10.3 Å². The van der Waals surface area contributed by atoms with E-state index in [1.165, 1.54) is 7.05 Å². The molecular weight excluding hydrogens is 466 g/mol. The zero-order valence-electron chi connectivity index (χ0n) is 19.8. The minimum atomic E-state index is -0.809. The van der Waals surface area contributed by atoms with Gasteiger partial charge in [0.15, 0.2) is 6.61 Å². The van der Waals surface area contributed by atoms with Crippen LogP contribution in [0.4, 0.5) is 5.00 Å². The molecule has 0 fully saturated rings. The van der Waals surface area contributed by atoms with E-state index in [-0.39, 0.29) is 39.9 Å². The molecule has 0 saturated carbocycles. The highest BCUT2D eigenvalue weighted by Crippen LogP contribution is 2.33. The van der Waals surface area contributed by atoms with Gasteiger partial charge in [-0.2, -0.15) is 0 Å². The number of H-pyrrole nitrogens is 1. The summed E-state index contributed by atoms with van der Waals surface area (Å²) in [7, 11) is 1.45. The third-order valence-electron chi connectivity index (χ3n) is 4.77. The Hall–Kier alpha value is -3.67. The molecule has 0 aliphatic rings. The Labute approximate surface area is 200 Å². The van der Waals surface area contributed by atoms with Crippen LogP contribution < -0.4 is 10.6 Å². The van der Waals surface area contributed by atoms with Gasteiger partial charge in [-0.3, -0.25) is 9.59 Å². The van der Waals surface area contributed by atoms with Gasteiger partial charge in [0.2, 0.25) is 0 Å². The molecule has 0 spiro atoms. The third kappa shape index (κ3) is 5.63. The first kappa shape index (κ1) is 26.6. The van der Waals surface area contributed by atoms with E-state index < -0.39 is 36.3 Å². The molecule has 0 saturated heterocycles. The Morgan fingerprint density at radius 3 is 2.03 bits per heavy atom. The van der Waals surface area contributed by atoms with Crippen LogP contribution in [0.2, 0.25) is 0 Å². The predicted molar refractivity (Wildman–Crippen MR) is 124 cm³/mol. The van der Waals surface area contributed by atoms with Crippen LogP contribution >= 0.6 is 11.3 Å². The summed E-state index contributed by atoms with van der Waals surface area (Å²) in [6.07, 6.45) is 0. The molecule has 2 heterocycles. The number of hydrogen-bond donors (Lipinski definition) is 3. The fourth-order valence-electron chi connectivity index (χ4n) is 3.21. The van der Waals surface area contributed by atoms with E-state index in [0.717, 1.165) is 11.3 Å². The Bertz CT molecular complexity index is 1130. The molecule has 12 heteroatoms. The molecule has 0 aliphatic heterocycles. The molecule has 184 valence electrons. The number of ether oxygens (including phenoxy) is 3. The van der Waals surface area contributed by atoms with E-state index >= 15 is 0 Å². The second-order valence-corrected chi connectivity index (χ2v) is 8.05. The van der Waals surface area contributed by atoms with Crippen molar-refractivity contribution >= 4 is 46.1 Å². The largest absolute Gasteiger partial charge is 0.462 e. The lowest BCUT2D eigenvalue weighted by Gasteiger charge is -2.08. The molecule has 0 unspecified atom stereocenters. The van der Waals surface area contributed by atoms with Crippen LogP contribution in [0.1, 0.15) is 71.5 Å². The van der Waals surface area contributed by atoms with Crippen molar-refractivity contribution in [3.63, 3.8) is 0 Å². The van der Waals surface area contributed by atoms with Gasteiger partial charge in [-0.15, -0.1) is 11.3 Å². The molecule has 2 rings (SSSR count). The predicted octanol–water partition coefficient (Wildman–Crippen LogP) is 2.51. The lowest BCUT2D eigenvalue weighted by atomic mass is 10.1. The third-order valence-corrected chi connectivity index (χ3v) is 5.97. The zero-order chi connectivity index (χ0) is 25.6. The van der Waals surface area contributed by atoms with Gasteiger partial charge in [-0.25, -0.2) is 14.4 Å². The molecule has 11 nitrogen and oxygen atoms in total. The van der Waals surface area contributed by atoms with Crippen molar-refractivity contribution < 1.29 is 38.2 Å². The van der Waals surface area contributed by atoms with Gasteiger partial charge in [-0.1, -0.05) is 0 Å². The van der Waals surface area contributed by atoms with Crippen LogP contribution in [0.3, 0.4) is 0 Å². The van der Waals surface area contributed by atoms with Crippen molar-refractivity contribution in [2.24, 2.45) is 0 Å². The average Bonchev–Trinajstić information content (AvgIpc) is 3.27. The number of aromatic amines is 1. The maximum Gasteiger partial charge on any atom is 0.355 e. The second-order valence-electron chi connectivity index (χ2n) is 7.03. The maximum absolute atomic E-state index is 12.6. The van der Waals surface area contributed by atoms with Gasteiger partial charge >= 0.3 is 17.9 Å². The number of nitrogens with one attached hydrogen (secondary N) is 3. The number of anilines is 1. The number of esters is 3. The summed E-state index contributed by atoms with van der Waals surface area (Å²) < 4.78 is 15.1. The quantitative estimate of drug-likeness (QED) is 0.356. The summed E-state index contributed by atoms with van der Waals surface area (Å²) in [4.78, 5) is 64.7. The van der Waals surface area contributed by atoms with Gasteiger partial charge in [-0.05, 0) is 45.7 Å². The lowest BCUT2D eigenvalue weighted by molar-refractivity contribution is -0.119.